The number of halogens is 1. The summed E-state index contributed by atoms with van der Waals surface area (Å²) in [4.78, 5) is 32.6. The average Bonchev–Trinajstić information content (AvgIpc) is 3.64. The molecule has 0 saturated carbocycles. The van der Waals surface area contributed by atoms with Crippen molar-refractivity contribution in [2.24, 2.45) is 0 Å². The minimum atomic E-state index is -3.98. The topological polar surface area (TPSA) is 153 Å². The normalized spacial score (nSPS) is 22.0. The van der Waals surface area contributed by atoms with E-state index in [4.69, 9.17) is 4.52 Å². The number of hydrogen-bond donors (Lipinski definition) is 1. The SMILES string of the molecule is Cc1noc(C)c1S(=O)(=O)N1CCN(C[C@@H]2CCCN2C(=O)CN2CCC[C@H](NS(=O)(=O)c3ccc4cc(Br)ccc4c3)C2=O)CC1. The van der Waals surface area contributed by atoms with Crippen LogP contribution in [-0.4, -0.2) is 117 Å². The summed E-state index contributed by atoms with van der Waals surface area (Å²) < 4.78 is 63.0. The number of piperidine rings is 1. The second-order valence-corrected chi connectivity index (χ2v) is 17.0. The summed E-state index contributed by atoms with van der Waals surface area (Å²) in [6, 6.07) is 9.42. The van der Waals surface area contributed by atoms with Crippen molar-refractivity contribution in [1.29, 1.82) is 0 Å². The standard InChI is InChI=1S/C31H39BrN6O7S2/c1-21-30(22(2)45-33-21)47(43,44)37-15-13-35(14-16-37)19-26-5-3-12-38(26)29(39)20-36-11-4-6-28(31(36)40)34-46(41,42)27-10-8-23-17-25(32)9-7-24(23)18-27/h7-10,17-18,26,28,34H,3-6,11-16,19-20H2,1-2H3/t26-,28-/m0/s1. The Bertz CT molecular complexity index is 1870. The lowest BCUT2D eigenvalue weighted by molar-refractivity contribution is -0.143. The molecule has 3 aromatic rings. The number of piperazine rings is 1. The molecule has 1 N–H and O–H groups in total. The number of amides is 2. The van der Waals surface area contributed by atoms with Crippen LogP contribution in [0, 0.1) is 13.8 Å². The Kier molecular flexibility index (Phi) is 9.80. The maximum absolute atomic E-state index is 13.5. The molecule has 0 aliphatic carbocycles. The Morgan fingerprint density at radius 3 is 2.38 bits per heavy atom. The van der Waals surface area contributed by atoms with Crippen molar-refractivity contribution in [3.8, 4) is 0 Å². The smallest absolute Gasteiger partial charge is 0.248 e. The number of carbonyl (C=O) groups is 2. The first kappa shape index (κ1) is 34.0. The highest BCUT2D eigenvalue weighted by Gasteiger charge is 2.38. The van der Waals surface area contributed by atoms with E-state index in [-0.39, 0.29) is 34.0 Å². The fourth-order valence-electron chi connectivity index (χ4n) is 6.85. The zero-order chi connectivity index (χ0) is 33.5. The molecule has 3 aliphatic heterocycles. The molecule has 2 aromatic carbocycles. The molecule has 2 atom stereocenters. The van der Waals surface area contributed by atoms with Crippen LogP contribution in [0.5, 0.6) is 0 Å². The van der Waals surface area contributed by atoms with E-state index in [1.807, 2.05) is 23.1 Å². The van der Waals surface area contributed by atoms with Crippen LogP contribution < -0.4 is 4.72 Å². The molecular formula is C31H39BrN6O7S2. The molecular weight excluding hydrogens is 712 g/mol. The maximum atomic E-state index is 13.5. The van der Waals surface area contributed by atoms with Gasteiger partial charge in [-0.05, 0) is 74.6 Å². The number of aryl methyl sites for hydroxylation is 2. The van der Waals surface area contributed by atoms with Crippen molar-refractivity contribution >= 4 is 58.6 Å². The lowest BCUT2D eigenvalue weighted by Gasteiger charge is -2.38. The van der Waals surface area contributed by atoms with E-state index in [1.165, 1.54) is 15.3 Å². The first-order chi connectivity index (χ1) is 22.3. The Morgan fingerprint density at radius 2 is 1.66 bits per heavy atom. The highest BCUT2D eigenvalue weighted by Crippen LogP contribution is 2.27. The number of carbonyl (C=O) groups excluding carboxylic acids is 2. The highest BCUT2D eigenvalue weighted by molar-refractivity contribution is 9.10. The van der Waals surface area contributed by atoms with E-state index >= 15 is 0 Å². The second kappa shape index (κ2) is 13.6. The van der Waals surface area contributed by atoms with Gasteiger partial charge in [-0.2, -0.15) is 9.03 Å². The summed E-state index contributed by atoms with van der Waals surface area (Å²) in [5, 5.41) is 5.45. The fourth-order valence-corrected chi connectivity index (χ4v) is 10.2. The number of nitrogens with one attached hydrogen (secondary N) is 1. The number of aromatic nitrogens is 1. The molecule has 16 heteroatoms. The molecule has 0 bridgehead atoms. The van der Waals surface area contributed by atoms with Gasteiger partial charge in [-0.15, -0.1) is 0 Å². The van der Waals surface area contributed by atoms with Gasteiger partial charge in [-0.1, -0.05) is 33.2 Å². The van der Waals surface area contributed by atoms with E-state index in [1.54, 1.807) is 26.0 Å². The largest absolute Gasteiger partial charge is 0.360 e. The van der Waals surface area contributed by atoms with Crippen molar-refractivity contribution in [3.05, 3.63) is 52.3 Å². The Balaban J connectivity index is 1.04. The maximum Gasteiger partial charge on any atom is 0.248 e. The number of sulfonamides is 2. The van der Waals surface area contributed by atoms with Gasteiger partial charge in [-0.3, -0.25) is 14.5 Å². The van der Waals surface area contributed by atoms with Crippen LogP contribution in [0.15, 0.2) is 55.2 Å². The summed E-state index contributed by atoms with van der Waals surface area (Å²) >= 11 is 3.42. The van der Waals surface area contributed by atoms with Crippen LogP contribution in [0.1, 0.15) is 37.1 Å². The van der Waals surface area contributed by atoms with Crippen LogP contribution >= 0.6 is 15.9 Å². The van der Waals surface area contributed by atoms with Gasteiger partial charge in [0.25, 0.3) is 0 Å². The zero-order valence-corrected chi connectivity index (χ0v) is 29.6. The molecule has 4 heterocycles. The van der Waals surface area contributed by atoms with Crippen LogP contribution in [-0.2, 0) is 29.6 Å². The van der Waals surface area contributed by atoms with Gasteiger partial charge in [0.1, 0.15) is 16.6 Å². The zero-order valence-electron chi connectivity index (χ0n) is 26.4. The van der Waals surface area contributed by atoms with Crippen LogP contribution in [0.2, 0.25) is 0 Å². The fraction of sp³-hybridized carbons (Fsp3) is 0.516. The van der Waals surface area contributed by atoms with Crippen molar-refractivity contribution in [2.45, 2.75) is 61.4 Å². The van der Waals surface area contributed by atoms with Gasteiger partial charge < -0.3 is 14.3 Å². The first-order valence-corrected chi connectivity index (χ1v) is 19.5. The van der Waals surface area contributed by atoms with Crippen LogP contribution in [0.25, 0.3) is 10.8 Å². The van der Waals surface area contributed by atoms with E-state index in [0.717, 1.165) is 28.1 Å². The third kappa shape index (κ3) is 7.13. The quantitative estimate of drug-likeness (QED) is 0.348. The minimum Gasteiger partial charge on any atom is -0.360 e. The van der Waals surface area contributed by atoms with Gasteiger partial charge in [0, 0.05) is 56.3 Å². The number of likely N-dealkylation sites (tertiary alicyclic amines) is 2. The monoisotopic (exact) mass is 750 g/mol. The second-order valence-electron chi connectivity index (χ2n) is 12.5. The van der Waals surface area contributed by atoms with Gasteiger partial charge >= 0.3 is 0 Å². The highest BCUT2D eigenvalue weighted by atomic mass is 79.9. The van der Waals surface area contributed by atoms with Gasteiger partial charge in [0.15, 0.2) is 5.76 Å². The molecule has 0 radical (unpaired) electrons. The molecule has 3 fully saturated rings. The Labute approximate surface area is 283 Å². The van der Waals surface area contributed by atoms with E-state index < -0.39 is 32.0 Å². The average molecular weight is 752 g/mol. The van der Waals surface area contributed by atoms with E-state index in [2.05, 4.69) is 30.7 Å². The lowest BCUT2D eigenvalue weighted by Crippen LogP contribution is -2.56. The van der Waals surface area contributed by atoms with Crippen molar-refractivity contribution in [2.75, 3.05) is 52.4 Å². The minimum absolute atomic E-state index is 0.0454. The summed E-state index contributed by atoms with van der Waals surface area (Å²) in [7, 11) is -7.69. The molecule has 1 aromatic heterocycles. The lowest BCUT2D eigenvalue weighted by atomic mass is 10.1. The number of rotatable bonds is 9. The third-order valence-corrected chi connectivity index (χ3v) is 13.4. The Morgan fingerprint density at radius 1 is 0.957 bits per heavy atom. The summed E-state index contributed by atoms with van der Waals surface area (Å²) in [6.07, 6.45) is 2.59. The molecule has 3 saturated heterocycles. The summed E-state index contributed by atoms with van der Waals surface area (Å²) in [6.45, 7) is 6.39. The third-order valence-electron chi connectivity index (χ3n) is 9.30. The number of hydrogen-bond acceptors (Lipinski definition) is 9. The van der Waals surface area contributed by atoms with Gasteiger partial charge in [0.05, 0.1) is 11.4 Å². The predicted molar refractivity (Wildman–Crippen MR) is 177 cm³/mol. The number of fused-ring (bicyclic) bond motifs is 1. The molecule has 13 nitrogen and oxygen atoms in total. The van der Waals surface area contributed by atoms with E-state index in [0.29, 0.717) is 64.3 Å². The van der Waals surface area contributed by atoms with Crippen LogP contribution in [0.4, 0.5) is 0 Å². The molecule has 0 unspecified atom stereocenters. The van der Waals surface area contributed by atoms with Crippen molar-refractivity contribution in [1.82, 2.24) is 28.9 Å². The van der Waals surface area contributed by atoms with Gasteiger partial charge in [0.2, 0.25) is 31.9 Å². The van der Waals surface area contributed by atoms with E-state index in [9.17, 15) is 26.4 Å². The number of benzene rings is 2. The molecule has 3 aliphatic rings. The van der Waals surface area contributed by atoms with Crippen molar-refractivity contribution < 1.29 is 30.9 Å². The Hall–Kier alpha value is -2.89. The van der Waals surface area contributed by atoms with Crippen LogP contribution in [0.3, 0.4) is 0 Å². The predicted octanol–water partition coefficient (Wildman–Crippen LogP) is 2.47. The van der Waals surface area contributed by atoms with Crippen molar-refractivity contribution in [3.63, 3.8) is 0 Å². The molecule has 0 spiro atoms. The summed E-state index contributed by atoms with van der Waals surface area (Å²) in [5.74, 6) is -0.284. The van der Waals surface area contributed by atoms with Gasteiger partial charge in [-0.25, -0.2) is 16.8 Å². The molecule has 254 valence electrons. The molecule has 2 amide bonds. The molecule has 6 rings (SSSR count). The summed E-state index contributed by atoms with van der Waals surface area (Å²) in [5.41, 5.74) is 0.347. The molecule has 47 heavy (non-hydrogen) atoms. The first-order valence-electron chi connectivity index (χ1n) is 15.8. The number of nitrogens with zero attached hydrogens (tertiary/aromatic N) is 5.